The minimum atomic E-state index is -0.513. The summed E-state index contributed by atoms with van der Waals surface area (Å²) in [5.41, 5.74) is 7.96. The molecule has 0 aliphatic carbocycles. The van der Waals surface area contributed by atoms with Crippen molar-refractivity contribution < 1.29 is 9.53 Å². The van der Waals surface area contributed by atoms with Gasteiger partial charge in [0.1, 0.15) is 5.75 Å². The van der Waals surface area contributed by atoms with Crippen LogP contribution in [-0.2, 0) is 0 Å². The number of para-hydroxylation sites is 2. The van der Waals surface area contributed by atoms with Crippen LogP contribution in [0.1, 0.15) is 0 Å². The number of aromatic nitrogens is 1. The quantitative estimate of drug-likeness (QED) is 0.110. The number of benzene rings is 3. The number of hydrogen-bond acceptors (Lipinski definition) is 5. The fourth-order valence-electron chi connectivity index (χ4n) is 4.22. The molecule has 0 saturated carbocycles. The number of fused-ring (bicyclic) bond motifs is 1. The third-order valence-electron chi connectivity index (χ3n) is 5.82. The van der Waals surface area contributed by atoms with Gasteiger partial charge in [-0.15, -0.1) is 23.2 Å². The maximum Gasteiger partial charge on any atom is 0.333 e. The Morgan fingerprint density at radius 2 is 1.67 bits per heavy atom. The van der Waals surface area contributed by atoms with Gasteiger partial charge >= 0.3 is 6.03 Å². The molecule has 0 fully saturated rings. The molecule has 9 heteroatoms. The van der Waals surface area contributed by atoms with E-state index in [9.17, 15) is 4.79 Å². The van der Waals surface area contributed by atoms with E-state index in [1.165, 1.54) is 0 Å². The lowest BCUT2D eigenvalue weighted by molar-refractivity contribution is 0.252. The van der Waals surface area contributed by atoms with Gasteiger partial charge in [-0.1, -0.05) is 30.3 Å². The van der Waals surface area contributed by atoms with Gasteiger partial charge < -0.3 is 15.0 Å². The normalized spacial score (nSPS) is 10.8. The van der Waals surface area contributed by atoms with E-state index in [2.05, 4.69) is 15.6 Å². The lowest BCUT2D eigenvalue weighted by atomic mass is 9.95. The van der Waals surface area contributed by atoms with E-state index in [0.717, 1.165) is 44.7 Å². The van der Waals surface area contributed by atoms with E-state index in [1.807, 2.05) is 72.8 Å². The molecular formula is C27H27Cl2N5O2. The number of nitrogens with zero attached hydrogens (tertiary/aromatic N) is 2. The van der Waals surface area contributed by atoms with Crippen LogP contribution in [0.5, 0.6) is 5.75 Å². The van der Waals surface area contributed by atoms with Crippen LogP contribution in [0.2, 0.25) is 0 Å². The molecule has 4 N–H and O–H groups in total. The van der Waals surface area contributed by atoms with Crippen LogP contribution in [0, 0.1) is 0 Å². The highest BCUT2D eigenvalue weighted by Crippen LogP contribution is 2.40. The molecular weight excluding hydrogens is 497 g/mol. The Hall–Kier alpha value is -3.52. The van der Waals surface area contributed by atoms with Gasteiger partial charge in [-0.2, -0.15) is 0 Å². The molecule has 0 atom stereocenters. The molecule has 1 heterocycles. The highest BCUT2D eigenvalue weighted by atomic mass is 35.5. The molecule has 1 aromatic heterocycles. The van der Waals surface area contributed by atoms with Gasteiger partial charge in [-0.3, -0.25) is 5.43 Å². The largest absolute Gasteiger partial charge is 0.496 e. The second-order valence-corrected chi connectivity index (χ2v) is 8.72. The molecule has 0 bridgehead atoms. The highest BCUT2D eigenvalue weighted by Gasteiger charge is 2.18. The average molecular weight is 524 g/mol. The van der Waals surface area contributed by atoms with Gasteiger partial charge in [0.25, 0.3) is 0 Å². The molecule has 0 radical (unpaired) electrons. The predicted octanol–water partition coefficient (Wildman–Crippen LogP) is 5.86. The number of nitrogens with one attached hydrogen (secondary N) is 2. The number of anilines is 2. The first kappa shape index (κ1) is 25.6. The van der Waals surface area contributed by atoms with Crippen molar-refractivity contribution >= 4 is 51.5 Å². The summed E-state index contributed by atoms with van der Waals surface area (Å²) in [7, 11) is 1.65. The highest BCUT2D eigenvalue weighted by molar-refractivity contribution is 6.18. The first-order valence-electron chi connectivity index (χ1n) is 11.4. The van der Waals surface area contributed by atoms with Crippen molar-refractivity contribution in [2.75, 3.05) is 42.2 Å². The van der Waals surface area contributed by atoms with E-state index < -0.39 is 6.03 Å². The second-order valence-electron chi connectivity index (χ2n) is 7.97. The number of hydrogen-bond donors (Lipinski definition) is 3. The molecule has 0 saturated heterocycles. The minimum Gasteiger partial charge on any atom is -0.496 e. The number of pyridine rings is 1. The number of hydrazine groups is 1. The Bertz CT molecular complexity index is 1360. The fraction of sp³-hybridized carbons (Fsp3) is 0.185. The van der Waals surface area contributed by atoms with Gasteiger partial charge in [0.05, 0.1) is 18.3 Å². The third-order valence-corrected chi connectivity index (χ3v) is 6.16. The lowest BCUT2D eigenvalue weighted by Crippen LogP contribution is -2.34. The third kappa shape index (κ3) is 5.49. The van der Waals surface area contributed by atoms with Gasteiger partial charge in [-0.25, -0.2) is 15.6 Å². The summed E-state index contributed by atoms with van der Waals surface area (Å²) in [6.45, 7) is 1.22. The monoisotopic (exact) mass is 523 g/mol. The summed E-state index contributed by atoms with van der Waals surface area (Å²) >= 11 is 12.3. The number of amides is 2. The number of halogens is 2. The zero-order valence-electron chi connectivity index (χ0n) is 19.8. The summed E-state index contributed by atoms with van der Waals surface area (Å²) in [4.78, 5) is 19.0. The minimum absolute atomic E-state index is 0.440. The standard InChI is InChI=1S/C27H27Cl2N5O2/c1-36-26-9-5-3-7-20(26)24-17-21(19-6-2-4-8-23(19)32-24)22-16-18(31-27(35)33-30)10-11-25(22)34(14-12-28)15-13-29/h2-11,16-17H,12-15,30H2,1H3,(H2,31,33,35). The van der Waals surface area contributed by atoms with Crippen molar-refractivity contribution in [3.8, 4) is 28.1 Å². The van der Waals surface area contributed by atoms with E-state index in [0.29, 0.717) is 30.5 Å². The van der Waals surface area contributed by atoms with Crippen LogP contribution in [0.15, 0.2) is 72.8 Å². The van der Waals surface area contributed by atoms with Gasteiger partial charge in [0, 0.05) is 52.7 Å². The zero-order chi connectivity index (χ0) is 25.5. The number of methoxy groups -OCH3 is 1. The van der Waals surface area contributed by atoms with Crippen molar-refractivity contribution in [3.05, 3.63) is 72.8 Å². The van der Waals surface area contributed by atoms with Crippen LogP contribution in [0.3, 0.4) is 0 Å². The van der Waals surface area contributed by atoms with Crippen molar-refractivity contribution in [1.29, 1.82) is 0 Å². The van der Waals surface area contributed by atoms with Crippen LogP contribution in [-0.4, -0.2) is 43.0 Å². The molecule has 0 spiro atoms. The molecule has 4 rings (SSSR count). The van der Waals surface area contributed by atoms with Crippen molar-refractivity contribution in [3.63, 3.8) is 0 Å². The number of carbonyl (C=O) groups is 1. The molecule has 7 nitrogen and oxygen atoms in total. The van der Waals surface area contributed by atoms with E-state index >= 15 is 0 Å². The number of ether oxygens (including phenoxy) is 1. The van der Waals surface area contributed by atoms with Crippen LogP contribution in [0.4, 0.5) is 16.2 Å². The Balaban J connectivity index is 2.00. The Morgan fingerprint density at radius 3 is 2.39 bits per heavy atom. The van der Waals surface area contributed by atoms with Gasteiger partial charge in [0.15, 0.2) is 0 Å². The number of alkyl halides is 2. The predicted molar refractivity (Wildman–Crippen MR) is 149 cm³/mol. The smallest absolute Gasteiger partial charge is 0.333 e. The summed E-state index contributed by atoms with van der Waals surface area (Å²) in [5.74, 6) is 6.90. The lowest BCUT2D eigenvalue weighted by Gasteiger charge is -2.27. The SMILES string of the molecule is COc1ccccc1-c1cc(-c2cc(NC(=O)NN)ccc2N(CCCl)CCCl)c2ccccc2n1. The fourth-order valence-corrected chi connectivity index (χ4v) is 4.63. The topological polar surface area (TPSA) is 92.5 Å². The Labute approximate surface area is 220 Å². The Kier molecular flexibility index (Phi) is 8.48. The van der Waals surface area contributed by atoms with E-state index in [-0.39, 0.29) is 0 Å². The first-order chi connectivity index (χ1) is 17.6. The zero-order valence-corrected chi connectivity index (χ0v) is 21.3. The second kappa shape index (κ2) is 11.9. The van der Waals surface area contributed by atoms with Gasteiger partial charge in [-0.05, 0) is 48.0 Å². The Morgan fingerprint density at radius 1 is 0.944 bits per heavy atom. The number of rotatable bonds is 9. The van der Waals surface area contributed by atoms with E-state index in [1.54, 1.807) is 7.11 Å². The number of nitrogens with two attached hydrogens (primary N) is 1. The molecule has 4 aromatic rings. The summed E-state index contributed by atoms with van der Waals surface area (Å²) in [6.07, 6.45) is 0. The molecule has 3 aromatic carbocycles. The van der Waals surface area contributed by atoms with Crippen molar-refractivity contribution in [1.82, 2.24) is 10.4 Å². The van der Waals surface area contributed by atoms with Crippen molar-refractivity contribution in [2.24, 2.45) is 5.84 Å². The van der Waals surface area contributed by atoms with Crippen LogP contribution in [0.25, 0.3) is 33.3 Å². The first-order valence-corrected chi connectivity index (χ1v) is 12.5. The van der Waals surface area contributed by atoms with Crippen molar-refractivity contribution in [2.45, 2.75) is 0 Å². The molecule has 0 aliphatic heterocycles. The summed E-state index contributed by atoms with van der Waals surface area (Å²) in [6, 6.07) is 23.0. The number of carbonyl (C=O) groups excluding carboxylic acids is 1. The maximum absolute atomic E-state index is 12.0. The summed E-state index contributed by atoms with van der Waals surface area (Å²) < 4.78 is 5.61. The molecule has 0 aliphatic rings. The molecule has 36 heavy (non-hydrogen) atoms. The molecule has 0 unspecified atom stereocenters. The maximum atomic E-state index is 12.0. The van der Waals surface area contributed by atoms with Crippen LogP contribution < -0.4 is 26.2 Å². The van der Waals surface area contributed by atoms with Crippen LogP contribution >= 0.6 is 23.2 Å². The molecule has 186 valence electrons. The number of urea groups is 1. The summed E-state index contributed by atoms with van der Waals surface area (Å²) in [5, 5.41) is 3.73. The van der Waals surface area contributed by atoms with E-state index in [4.69, 9.17) is 38.8 Å². The van der Waals surface area contributed by atoms with Gasteiger partial charge in [0.2, 0.25) is 0 Å². The average Bonchev–Trinajstić information content (AvgIpc) is 2.92. The molecule has 2 amide bonds.